The second kappa shape index (κ2) is 7.74. The smallest absolute Gasteiger partial charge is 0.244 e. The molecule has 3 aromatic rings. The molecule has 1 N–H and O–H groups in total. The van der Waals surface area contributed by atoms with Crippen LogP contribution in [0.2, 0.25) is 0 Å². The van der Waals surface area contributed by atoms with Crippen LogP contribution in [-0.2, 0) is 9.59 Å². The van der Waals surface area contributed by atoms with E-state index in [1.807, 2.05) is 35.7 Å². The molecule has 1 aliphatic heterocycles. The first-order valence-electron chi connectivity index (χ1n) is 8.66. The Hall–Kier alpha value is -3.32. The molecule has 2 heterocycles. The van der Waals surface area contributed by atoms with Crippen molar-refractivity contribution in [3.8, 4) is 0 Å². The Bertz CT molecular complexity index is 1050. The molecule has 0 saturated heterocycles. The molecule has 140 valence electrons. The number of anilines is 2. The molecule has 2 amide bonds. The number of halogens is 1. The van der Waals surface area contributed by atoms with Crippen molar-refractivity contribution in [1.29, 1.82) is 0 Å². The number of amides is 2. The fourth-order valence-corrected chi connectivity index (χ4v) is 3.70. The summed E-state index contributed by atoms with van der Waals surface area (Å²) >= 11 is 1.52. The third kappa shape index (κ3) is 3.84. The highest BCUT2D eigenvalue weighted by Crippen LogP contribution is 2.33. The van der Waals surface area contributed by atoms with E-state index in [0.29, 0.717) is 22.8 Å². The van der Waals surface area contributed by atoms with Crippen LogP contribution in [0.15, 0.2) is 71.0 Å². The summed E-state index contributed by atoms with van der Waals surface area (Å²) in [6.45, 7) is -0.152. The summed E-state index contributed by atoms with van der Waals surface area (Å²) in [7, 11) is 0. The number of fused-ring (bicyclic) bond motifs is 1. The fraction of sp³-hybridized carbons (Fsp3) is 0.0952. The molecule has 1 aromatic heterocycles. The maximum atomic E-state index is 13.0. The van der Waals surface area contributed by atoms with Crippen LogP contribution in [0.5, 0.6) is 0 Å². The number of carbonyl (C=O) groups is 2. The van der Waals surface area contributed by atoms with Crippen molar-refractivity contribution >= 4 is 45.9 Å². The molecule has 0 unspecified atom stereocenters. The molecule has 2 aromatic carbocycles. The van der Waals surface area contributed by atoms with Gasteiger partial charge in [0, 0.05) is 10.6 Å². The van der Waals surface area contributed by atoms with Crippen LogP contribution in [0.3, 0.4) is 0 Å². The summed E-state index contributed by atoms with van der Waals surface area (Å²) in [5, 5.41) is 4.63. The standard InChI is InChI=1S/C21H16FN3O2S/c22-14-7-9-15(10-8-14)23-20(26)13-25-18-5-2-1-4-16(18)24-17(12-21(25)27)19-6-3-11-28-19/h1-11H,12-13H2,(H,23,26). The normalized spacial score (nSPS) is 13.5. The third-order valence-corrected chi connectivity index (χ3v) is 5.20. The molecule has 0 spiro atoms. The Morgan fingerprint density at radius 2 is 1.89 bits per heavy atom. The molecular weight excluding hydrogens is 377 g/mol. The van der Waals surface area contributed by atoms with Gasteiger partial charge in [0.2, 0.25) is 11.8 Å². The van der Waals surface area contributed by atoms with Gasteiger partial charge in [-0.1, -0.05) is 18.2 Å². The van der Waals surface area contributed by atoms with Gasteiger partial charge in [0.25, 0.3) is 0 Å². The summed E-state index contributed by atoms with van der Waals surface area (Å²) in [6, 6.07) is 16.6. The number of aliphatic imine (C=N–C) groups is 1. The Kier molecular flexibility index (Phi) is 4.99. The lowest BCUT2D eigenvalue weighted by Crippen LogP contribution is -2.38. The van der Waals surface area contributed by atoms with Crippen molar-refractivity contribution in [2.24, 2.45) is 4.99 Å². The maximum Gasteiger partial charge on any atom is 0.244 e. The molecule has 0 atom stereocenters. The Balaban J connectivity index is 1.59. The lowest BCUT2D eigenvalue weighted by molar-refractivity contribution is -0.120. The van der Waals surface area contributed by atoms with E-state index >= 15 is 0 Å². The fourth-order valence-electron chi connectivity index (χ4n) is 2.98. The zero-order valence-corrected chi connectivity index (χ0v) is 15.6. The summed E-state index contributed by atoms with van der Waals surface area (Å²) in [4.78, 5) is 32.5. The molecule has 0 fully saturated rings. The molecular formula is C21H16FN3O2S. The molecule has 1 aliphatic rings. The summed E-state index contributed by atoms with van der Waals surface area (Å²) < 4.78 is 13.0. The first-order chi connectivity index (χ1) is 13.6. The van der Waals surface area contributed by atoms with Gasteiger partial charge in [0.1, 0.15) is 12.4 Å². The van der Waals surface area contributed by atoms with Crippen LogP contribution < -0.4 is 10.2 Å². The summed E-state index contributed by atoms with van der Waals surface area (Å²) in [5.41, 5.74) is 2.39. The molecule has 7 heteroatoms. The van der Waals surface area contributed by atoms with Gasteiger partial charge in [-0.3, -0.25) is 9.59 Å². The number of hydrogen-bond donors (Lipinski definition) is 1. The zero-order chi connectivity index (χ0) is 19.5. The number of benzene rings is 2. The topological polar surface area (TPSA) is 61.8 Å². The number of nitrogens with one attached hydrogen (secondary N) is 1. The number of thiophene rings is 1. The van der Waals surface area contributed by atoms with Crippen LogP contribution in [-0.4, -0.2) is 24.1 Å². The average Bonchev–Trinajstić information content (AvgIpc) is 3.18. The lowest BCUT2D eigenvalue weighted by atomic mass is 10.2. The predicted octanol–water partition coefficient (Wildman–Crippen LogP) is 4.38. The maximum absolute atomic E-state index is 13.0. The van der Waals surface area contributed by atoms with E-state index in [1.54, 1.807) is 6.07 Å². The van der Waals surface area contributed by atoms with Gasteiger partial charge in [-0.05, 0) is 47.8 Å². The molecule has 0 aliphatic carbocycles. The Labute approximate surface area is 165 Å². The van der Waals surface area contributed by atoms with Gasteiger partial charge in [-0.25, -0.2) is 9.38 Å². The molecule has 0 bridgehead atoms. The number of nitrogens with zero attached hydrogens (tertiary/aromatic N) is 2. The predicted molar refractivity (Wildman–Crippen MR) is 109 cm³/mol. The van der Waals surface area contributed by atoms with Crippen molar-refractivity contribution in [2.45, 2.75) is 6.42 Å². The number of carbonyl (C=O) groups excluding carboxylic acids is 2. The quantitative estimate of drug-likeness (QED) is 0.715. The van der Waals surface area contributed by atoms with Gasteiger partial charge < -0.3 is 10.2 Å². The zero-order valence-electron chi connectivity index (χ0n) is 14.8. The van der Waals surface area contributed by atoms with Crippen LogP contribution >= 0.6 is 11.3 Å². The molecule has 28 heavy (non-hydrogen) atoms. The first kappa shape index (κ1) is 18.1. The van der Waals surface area contributed by atoms with Crippen LogP contribution in [0, 0.1) is 5.82 Å². The van der Waals surface area contributed by atoms with Crippen LogP contribution in [0.25, 0.3) is 0 Å². The van der Waals surface area contributed by atoms with E-state index in [2.05, 4.69) is 10.3 Å². The van der Waals surface area contributed by atoms with Gasteiger partial charge in [-0.2, -0.15) is 0 Å². The van der Waals surface area contributed by atoms with E-state index in [9.17, 15) is 14.0 Å². The third-order valence-electron chi connectivity index (χ3n) is 4.28. The van der Waals surface area contributed by atoms with Gasteiger partial charge in [0.05, 0.1) is 23.5 Å². The number of rotatable bonds is 4. The highest BCUT2D eigenvalue weighted by atomic mass is 32.1. The highest BCUT2D eigenvalue weighted by Gasteiger charge is 2.26. The average molecular weight is 393 g/mol. The first-order valence-corrected chi connectivity index (χ1v) is 9.54. The monoisotopic (exact) mass is 393 g/mol. The van der Waals surface area contributed by atoms with Crippen molar-refractivity contribution in [2.75, 3.05) is 16.8 Å². The SMILES string of the molecule is O=C(CN1C(=O)CC(c2cccs2)=Nc2ccccc21)Nc1ccc(F)cc1. The molecule has 0 saturated carbocycles. The molecule has 5 nitrogen and oxygen atoms in total. The number of para-hydroxylation sites is 2. The Morgan fingerprint density at radius 1 is 1.11 bits per heavy atom. The van der Waals surface area contributed by atoms with E-state index in [4.69, 9.17) is 0 Å². The molecule has 4 rings (SSSR count). The van der Waals surface area contributed by atoms with Gasteiger partial charge >= 0.3 is 0 Å². The minimum absolute atomic E-state index is 0.110. The minimum Gasteiger partial charge on any atom is -0.325 e. The second-order valence-electron chi connectivity index (χ2n) is 6.24. The molecule has 0 radical (unpaired) electrons. The van der Waals surface area contributed by atoms with Gasteiger partial charge in [-0.15, -0.1) is 11.3 Å². The van der Waals surface area contributed by atoms with E-state index in [-0.39, 0.29) is 30.6 Å². The summed E-state index contributed by atoms with van der Waals surface area (Å²) in [6.07, 6.45) is 0.110. The lowest BCUT2D eigenvalue weighted by Gasteiger charge is -2.21. The van der Waals surface area contributed by atoms with Crippen LogP contribution in [0.4, 0.5) is 21.5 Å². The van der Waals surface area contributed by atoms with Crippen molar-refractivity contribution in [1.82, 2.24) is 0 Å². The van der Waals surface area contributed by atoms with E-state index < -0.39 is 0 Å². The van der Waals surface area contributed by atoms with E-state index in [1.165, 1.54) is 40.5 Å². The van der Waals surface area contributed by atoms with Crippen molar-refractivity contribution < 1.29 is 14.0 Å². The number of hydrogen-bond acceptors (Lipinski definition) is 4. The van der Waals surface area contributed by atoms with Crippen LogP contribution in [0.1, 0.15) is 11.3 Å². The minimum atomic E-state index is -0.382. The highest BCUT2D eigenvalue weighted by molar-refractivity contribution is 7.12. The largest absolute Gasteiger partial charge is 0.325 e. The Morgan fingerprint density at radius 3 is 2.64 bits per heavy atom. The van der Waals surface area contributed by atoms with Crippen molar-refractivity contribution in [3.05, 3.63) is 76.7 Å². The summed E-state index contributed by atoms with van der Waals surface area (Å²) in [5.74, 6) is -0.950. The van der Waals surface area contributed by atoms with E-state index in [0.717, 1.165) is 4.88 Å². The van der Waals surface area contributed by atoms with Gasteiger partial charge in [0.15, 0.2) is 0 Å². The van der Waals surface area contributed by atoms with Crippen molar-refractivity contribution in [3.63, 3.8) is 0 Å². The second-order valence-corrected chi connectivity index (χ2v) is 7.18.